The molecular formula is C22H24F2N2O4. The molecule has 0 spiro atoms. The Hall–Kier alpha value is -3.16. The van der Waals surface area contributed by atoms with E-state index in [4.69, 9.17) is 9.47 Å². The number of ether oxygens (including phenoxy) is 2. The normalized spacial score (nSPS) is 18.9. The van der Waals surface area contributed by atoms with Crippen LogP contribution in [-0.4, -0.2) is 61.0 Å². The van der Waals surface area contributed by atoms with Gasteiger partial charge in [-0.05, 0) is 38.1 Å². The molecule has 8 heteroatoms. The summed E-state index contributed by atoms with van der Waals surface area (Å²) >= 11 is 0. The van der Waals surface area contributed by atoms with Crippen molar-refractivity contribution in [3.63, 3.8) is 0 Å². The van der Waals surface area contributed by atoms with E-state index in [1.807, 2.05) is 0 Å². The molecule has 0 radical (unpaired) electrons. The first-order valence-corrected chi connectivity index (χ1v) is 9.55. The smallest absolute Gasteiger partial charge is 0.257 e. The highest BCUT2D eigenvalue weighted by Gasteiger charge is 2.36. The average Bonchev–Trinajstić information content (AvgIpc) is 2.72. The molecule has 1 aliphatic heterocycles. The fourth-order valence-corrected chi connectivity index (χ4v) is 3.79. The number of piperazine rings is 1. The van der Waals surface area contributed by atoms with Gasteiger partial charge < -0.3 is 19.3 Å². The van der Waals surface area contributed by atoms with E-state index in [-0.39, 0.29) is 36.3 Å². The van der Waals surface area contributed by atoms with Crippen molar-refractivity contribution in [2.75, 3.05) is 27.3 Å². The molecule has 0 unspecified atom stereocenters. The van der Waals surface area contributed by atoms with Gasteiger partial charge in [-0.3, -0.25) is 9.59 Å². The first kappa shape index (κ1) is 21.5. The van der Waals surface area contributed by atoms with Gasteiger partial charge in [0.25, 0.3) is 11.8 Å². The second-order valence-corrected chi connectivity index (χ2v) is 7.31. The van der Waals surface area contributed by atoms with Crippen molar-refractivity contribution >= 4 is 11.8 Å². The third-order valence-corrected chi connectivity index (χ3v) is 5.25. The molecule has 3 rings (SSSR count). The highest BCUT2D eigenvalue weighted by molar-refractivity contribution is 5.96. The molecule has 1 heterocycles. The Bertz CT molecular complexity index is 954. The van der Waals surface area contributed by atoms with Gasteiger partial charge in [0.2, 0.25) is 0 Å². The average molecular weight is 418 g/mol. The summed E-state index contributed by atoms with van der Waals surface area (Å²) in [5, 5.41) is 0. The van der Waals surface area contributed by atoms with Crippen molar-refractivity contribution in [1.29, 1.82) is 0 Å². The lowest BCUT2D eigenvalue weighted by Gasteiger charge is -2.44. The Morgan fingerprint density at radius 1 is 0.833 bits per heavy atom. The minimum absolute atomic E-state index is 0.0591. The molecule has 1 fully saturated rings. The summed E-state index contributed by atoms with van der Waals surface area (Å²) in [7, 11) is 2.84. The predicted octanol–water partition coefficient (Wildman–Crippen LogP) is 3.36. The largest absolute Gasteiger partial charge is 0.497 e. The first-order valence-electron chi connectivity index (χ1n) is 9.55. The lowest BCUT2D eigenvalue weighted by Crippen LogP contribution is -2.60. The molecule has 1 saturated heterocycles. The number of rotatable bonds is 4. The number of amides is 2. The van der Waals surface area contributed by atoms with Gasteiger partial charge in [0, 0.05) is 37.3 Å². The zero-order valence-corrected chi connectivity index (χ0v) is 17.3. The molecule has 0 saturated carbocycles. The summed E-state index contributed by atoms with van der Waals surface area (Å²) in [6.07, 6.45) is 0. The van der Waals surface area contributed by atoms with Crippen molar-refractivity contribution < 1.29 is 27.8 Å². The molecule has 2 aromatic carbocycles. The quantitative estimate of drug-likeness (QED) is 0.764. The van der Waals surface area contributed by atoms with Gasteiger partial charge in [-0.25, -0.2) is 8.78 Å². The summed E-state index contributed by atoms with van der Waals surface area (Å²) in [6.45, 7) is 3.97. The summed E-state index contributed by atoms with van der Waals surface area (Å²) < 4.78 is 38.7. The highest BCUT2D eigenvalue weighted by Crippen LogP contribution is 2.25. The lowest BCUT2D eigenvalue weighted by molar-refractivity contribution is 0.0249. The van der Waals surface area contributed by atoms with Crippen LogP contribution >= 0.6 is 0 Å². The molecule has 160 valence electrons. The van der Waals surface area contributed by atoms with Crippen molar-refractivity contribution in [3.8, 4) is 11.5 Å². The topological polar surface area (TPSA) is 59.1 Å². The van der Waals surface area contributed by atoms with Crippen LogP contribution in [0.25, 0.3) is 0 Å². The van der Waals surface area contributed by atoms with Crippen LogP contribution < -0.4 is 9.47 Å². The standard InChI is InChI=1S/C22H24F2N2O4/c1-13-11-25(21(27)17-7-5-15(29-3)9-19(17)23)12-14(2)26(13)22(28)18-8-6-16(30-4)10-20(18)24/h5-10,13-14H,11-12H2,1-4H3/t13-,14-/m0/s1. The number of halogens is 2. The number of hydrogen-bond acceptors (Lipinski definition) is 4. The minimum Gasteiger partial charge on any atom is -0.497 e. The molecule has 0 N–H and O–H groups in total. The van der Waals surface area contributed by atoms with Crippen LogP contribution in [0.3, 0.4) is 0 Å². The maximum atomic E-state index is 14.4. The monoisotopic (exact) mass is 418 g/mol. The number of hydrogen-bond donors (Lipinski definition) is 0. The molecule has 30 heavy (non-hydrogen) atoms. The summed E-state index contributed by atoms with van der Waals surface area (Å²) in [5.41, 5.74) is -0.119. The SMILES string of the molecule is COc1ccc(C(=O)N2C[C@H](C)N(C(=O)c3ccc(OC)cc3F)[C@@H](C)C2)c(F)c1. The van der Waals surface area contributed by atoms with Gasteiger partial charge >= 0.3 is 0 Å². The van der Waals surface area contributed by atoms with Crippen molar-refractivity contribution in [2.45, 2.75) is 25.9 Å². The van der Waals surface area contributed by atoms with Crippen LogP contribution in [0, 0.1) is 11.6 Å². The van der Waals surface area contributed by atoms with E-state index in [1.165, 1.54) is 43.4 Å². The molecule has 0 aromatic heterocycles. The Balaban J connectivity index is 1.78. The highest BCUT2D eigenvalue weighted by atomic mass is 19.1. The van der Waals surface area contributed by atoms with Crippen LogP contribution in [0.1, 0.15) is 34.6 Å². The summed E-state index contributed by atoms with van der Waals surface area (Å²) in [5.74, 6) is -1.62. The second-order valence-electron chi connectivity index (χ2n) is 7.31. The molecular weight excluding hydrogens is 394 g/mol. The molecule has 2 amide bonds. The first-order chi connectivity index (χ1) is 14.3. The Morgan fingerprint density at radius 2 is 1.27 bits per heavy atom. The Kier molecular flexibility index (Phi) is 6.24. The number of nitrogens with zero attached hydrogens (tertiary/aromatic N) is 2. The number of carbonyl (C=O) groups is 2. The van der Waals surface area contributed by atoms with E-state index < -0.39 is 23.4 Å². The molecule has 6 nitrogen and oxygen atoms in total. The van der Waals surface area contributed by atoms with E-state index >= 15 is 0 Å². The molecule has 0 bridgehead atoms. The van der Waals surface area contributed by atoms with Crippen LogP contribution in [-0.2, 0) is 0 Å². The Labute approximate surface area is 174 Å². The van der Waals surface area contributed by atoms with Gasteiger partial charge in [-0.1, -0.05) is 0 Å². The number of methoxy groups -OCH3 is 2. The van der Waals surface area contributed by atoms with Gasteiger partial charge in [0.1, 0.15) is 23.1 Å². The predicted molar refractivity (Wildman–Crippen MR) is 107 cm³/mol. The van der Waals surface area contributed by atoms with E-state index in [1.54, 1.807) is 18.7 Å². The zero-order chi connectivity index (χ0) is 22.0. The van der Waals surface area contributed by atoms with Crippen molar-refractivity contribution in [1.82, 2.24) is 9.80 Å². The van der Waals surface area contributed by atoms with E-state index in [2.05, 4.69) is 0 Å². The second kappa shape index (κ2) is 8.69. The molecule has 1 aliphatic rings. The maximum absolute atomic E-state index is 14.4. The fourth-order valence-electron chi connectivity index (χ4n) is 3.79. The van der Waals surface area contributed by atoms with Crippen LogP contribution in [0.15, 0.2) is 36.4 Å². The van der Waals surface area contributed by atoms with Crippen LogP contribution in [0.5, 0.6) is 11.5 Å². The van der Waals surface area contributed by atoms with Gasteiger partial charge in [-0.15, -0.1) is 0 Å². The Morgan fingerprint density at radius 3 is 1.67 bits per heavy atom. The molecule has 0 aliphatic carbocycles. The molecule has 2 aromatic rings. The van der Waals surface area contributed by atoms with Gasteiger partial charge in [-0.2, -0.15) is 0 Å². The summed E-state index contributed by atoms with van der Waals surface area (Å²) in [4.78, 5) is 28.9. The lowest BCUT2D eigenvalue weighted by atomic mass is 10.0. The molecule has 2 atom stereocenters. The van der Waals surface area contributed by atoms with E-state index in [9.17, 15) is 18.4 Å². The third-order valence-electron chi connectivity index (χ3n) is 5.25. The van der Waals surface area contributed by atoms with Crippen LogP contribution in [0.4, 0.5) is 8.78 Å². The van der Waals surface area contributed by atoms with Crippen molar-refractivity contribution in [2.24, 2.45) is 0 Å². The minimum atomic E-state index is -0.669. The number of benzene rings is 2. The van der Waals surface area contributed by atoms with E-state index in [0.29, 0.717) is 11.5 Å². The fraction of sp³-hybridized carbons (Fsp3) is 0.364. The van der Waals surface area contributed by atoms with Crippen molar-refractivity contribution in [3.05, 3.63) is 59.2 Å². The van der Waals surface area contributed by atoms with Gasteiger partial charge in [0.15, 0.2) is 0 Å². The van der Waals surface area contributed by atoms with E-state index in [0.717, 1.165) is 12.1 Å². The van der Waals surface area contributed by atoms with Gasteiger partial charge in [0.05, 0.1) is 25.3 Å². The summed E-state index contributed by atoms with van der Waals surface area (Å²) in [6, 6.07) is 7.38. The van der Waals surface area contributed by atoms with Crippen LogP contribution in [0.2, 0.25) is 0 Å². The third kappa shape index (κ3) is 4.08. The number of carbonyl (C=O) groups excluding carboxylic acids is 2. The maximum Gasteiger partial charge on any atom is 0.257 e. The zero-order valence-electron chi connectivity index (χ0n) is 17.3.